The van der Waals surface area contributed by atoms with Gasteiger partial charge in [-0.1, -0.05) is 12.1 Å². The minimum atomic E-state index is -0.171. The van der Waals surface area contributed by atoms with Crippen LogP contribution in [0.5, 0.6) is 0 Å². The van der Waals surface area contributed by atoms with Crippen LogP contribution >= 0.6 is 11.3 Å². The summed E-state index contributed by atoms with van der Waals surface area (Å²) in [7, 11) is 0. The third-order valence-electron chi connectivity index (χ3n) is 6.01. The molecule has 3 aliphatic rings. The summed E-state index contributed by atoms with van der Waals surface area (Å²) in [6.45, 7) is 4.38. The van der Waals surface area contributed by atoms with Gasteiger partial charge in [-0.25, -0.2) is 4.98 Å². The average molecular weight is 353 g/mol. The van der Waals surface area contributed by atoms with E-state index >= 15 is 0 Å². The smallest absolute Gasteiger partial charge is 0.261 e. The van der Waals surface area contributed by atoms with Crippen molar-refractivity contribution < 1.29 is 9.59 Å². The van der Waals surface area contributed by atoms with Gasteiger partial charge in [0.15, 0.2) is 0 Å². The van der Waals surface area contributed by atoms with E-state index in [1.165, 1.54) is 4.90 Å². The normalized spacial score (nSPS) is 30.4. The fraction of sp³-hybridized carbons (Fsp3) is 0.421. The predicted molar refractivity (Wildman–Crippen MR) is 94.8 cm³/mol. The van der Waals surface area contributed by atoms with E-state index in [9.17, 15) is 9.59 Å². The Morgan fingerprint density at radius 3 is 2.52 bits per heavy atom. The Balaban J connectivity index is 1.53. The minimum Gasteiger partial charge on any atom is -0.316 e. The Bertz CT molecular complexity index is 843. The van der Waals surface area contributed by atoms with Crippen LogP contribution in [0, 0.1) is 18.8 Å². The van der Waals surface area contributed by atoms with Crippen LogP contribution < -0.4 is 5.32 Å². The Morgan fingerprint density at radius 2 is 1.96 bits per heavy atom. The van der Waals surface area contributed by atoms with Gasteiger partial charge in [0.25, 0.3) is 11.8 Å². The number of hydrogen-bond donors (Lipinski definition) is 1. The van der Waals surface area contributed by atoms with Crippen molar-refractivity contribution >= 4 is 23.2 Å². The Morgan fingerprint density at radius 1 is 1.24 bits per heavy atom. The zero-order valence-corrected chi connectivity index (χ0v) is 14.8. The topological polar surface area (TPSA) is 62.3 Å². The molecule has 0 radical (unpaired) electrons. The molecule has 128 valence electrons. The van der Waals surface area contributed by atoms with Crippen molar-refractivity contribution in [3.63, 3.8) is 0 Å². The van der Waals surface area contributed by atoms with Crippen molar-refractivity contribution in [2.24, 2.45) is 11.8 Å². The first-order chi connectivity index (χ1) is 12.1. The average Bonchev–Trinajstić information content (AvgIpc) is 2.95. The molecule has 3 heterocycles. The van der Waals surface area contributed by atoms with Crippen LogP contribution in [-0.4, -0.2) is 41.3 Å². The van der Waals surface area contributed by atoms with Gasteiger partial charge >= 0.3 is 0 Å². The molecule has 1 aromatic heterocycles. The highest BCUT2D eigenvalue weighted by Gasteiger charge is 2.68. The largest absolute Gasteiger partial charge is 0.316 e. The molecule has 0 bridgehead atoms. The van der Waals surface area contributed by atoms with Gasteiger partial charge in [0.05, 0.1) is 11.1 Å². The van der Waals surface area contributed by atoms with Crippen molar-refractivity contribution in [3.8, 4) is 0 Å². The first-order valence-corrected chi connectivity index (χ1v) is 9.59. The maximum Gasteiger partial charge on any atom is 0.261 e. The fourth-order valence-corrected chi connectivity index (χ4v) is 5.85. The lowest BCUT2D eigenvalue weighted by Gasteiger charge is -2.22. The first-order valence-electron chi connectivity index (χ1n) is 8.71. The van der Waals surface area contributed by atoms with Crippen molar-refractivity contribution in [1.29, 1.82) is 0 Å². The summed E-state index contributed by atoms with van der Waals surface area (Å²) < 4.78 is 0. The summed E-state index contributed by atoms with van der Waals surface area (Å²) in [6.07, 6.45) is 1.08. The van der Waals surface area contributed by atoms with Crippen LogP contribution in [0.1, 0.15) is 37.8 Å². The molecule has 0 unspecified atom stereocenters. The molecule has 5 nitrogen and oxygen atoms in total. The molecule has 3 atom stereocenters. The Hall–Kier alpha value is -2.05. The van der Waals surface area contributed by atoms with Crippen molar-refractivity contribution in [1.82, 2.24) is 15.2 Å². The van der Waals surface area contributed by atoms with Gasteiger partial charge in [0.2, 0.25) is 0 Å². The van der Waals surface area contributed by atoms with Gasteiger partial charge in [0, 0.05) is 23.0 Å². The fourth-order valence-electron chi connectivity index (χ4n) is 4.73. The number of aromatic nitrogens is 1. The van der Waals surface area contributed by atoms with E-state index < -0.39 is 0 Å². The second kappa shape index (κ2) is 5.22. The number of nitrogens with one attached hydrogen (secondary N) is 1. The van der Waals surface area contributed by atoms with Gasteiger partial charge in [-0.15, -0.1) is 11.3 Å². The molecule has 2 amide bonds. The molecule has 0 spiro atoms. The molecular formula is C19H19N3O2S. The van der Waals surface area contributed by atoms with Crippen molar-refractivity contribution in [2.45, 2.75) is 18.8 Å². The van der Waals surface area contributed by atoms with E-state index in [1.54, 1.807) is 23.5 Å². The lowest BCUT2D eigenvalue weighted by molar-refractivity contribution is 0.0633. The summed E-state index contributed by atoms with van der Waals surface area (Å²) >= 11 is 1.67. The number of rotatable bonds is 3. The SMILES string of the molecule is Cc1csc([C@@]2(CN3C(=O)c4ccccc4C3=O)[C@@H]3CCNC[C@@H]32)n1. The zero-order valence-electron chi connectivity index (χ0n) is 14.0. The van der Waals surface area contributed by atoms with Crippen LogP contribution in [0.2, 0.25) is 0 Å². The molecule has 6 heteroatoms. The van der Waals surface area contributed by atoms with Gasteiger partial charge in [-0.2, -0.15) is 0 Å². The van der Waals surface area contributed by atoms with Gasteiger partial charge in [-0.3, -0.25) is 14.5 Å². The van der Waals surface area contributed by atoms with Crippen LogP contribution in [0.4, 0.5) is 0 Å². The standard InChI is InChI=1S/C19H19N3O2S/c1-11-9-25-18(21-11)19(14-6-7-20-8-15(14)19)10-22-16(23)12-4-2-3-5-13(12)17(22)24/h2-5,9,14-15,20H,6-8,10H2,1H3/t14-,15+,19+/m1/s1. The third kappa shape index (κ3) is 2.01. The lowest BCUT2D eigenvalue weighted by Crippen LogP contribution is -2.39. The highest BCUT2D eigenvalue weighted by molar-refractivity contribution is 7.09. The number of nitrogens with zero attached hydrogens (tertiary/aromatic N) is 2. The number of thiazole rings is 1. The van der Waals surface area contributed by atoms with Crippen LogP contribution in [0.3, 0.4) is 0 Å². The summed E-state index contributed by atoms with van der Waals surface area (Å²) in [5.41, 5.74) is 1.90. The molecule has 5 rings (SSSR count). The quantitative estimate of drug-likeness (QED) is 0.860. The van der Waals surface area contributed by atoms with E-state index in [2.05, 4.69) is 10.7 Å². The number of carbonyl (C=O) groups is 2. The molecule has 1 aromatic carbocycles. The van der Waals surface area contributed by atoms with Crippen LogP contribution in [-0.2, 0) is 5.41 Å². The molecule has 1 saturated heterocycles. The second-order valence-electron chi connectivity index (χ2n) is 7.28. The molecule has 1 aliphatic carbocycles. The maximum absolute atomic E-state index is 12.8. The van der Waals surface area contributed by atoms with E-state index in [-0.39, 0.29) is 17.2 Å². The Labute approximate surface area is 150 Å². The summed E-state index contributed by atoms with van der Waals surface area (Å²) in [4.78, 5) is 31.9. The zero-order chi connectivity index (χ0) is 17.2. The number of hydrogen-bond acceptors (Lipinski definition) is 5. The van der Waals surface area contributed by atoms with Gasteiger partial charge in [0.1, 0.15) is 5.01 Å². The highest BCUT2D eigenvalue weighted by atomic mass is 32.1. The summed E-state index contributed by atoms with van der Waals surface area (Å²) in [5, 5.41) is 6.61. The monoisotopic (exact) mass is 353 g/mol. The lowest BCUT2D eigenvalue weighted by atomic mass is 10.0. The number of piperidine rings is 1. The number of benzene rings is 1. The van der Waals surface area contributed by atoms with Gasteiger partial charge < -0.3 is 5.32 Å². The summed E-state index contributed by atoms with van der Waals surface area (Å²) in [6, 6.07) is 7.12. The molecule has 1 N–H and O–H groups in total. The molecule has 2 fully saturated rings. The van der Waals surface area contributed by atoms with E-state index in [4.69, 9.17) is 4.98 Å². The Kier molecular flexibility index (Phi) is 3.18. The number of imide groups is 1. The highest BCUT2D eigenvalue weighted by Crippen LogP contribution is 2.63. The maximum atomic E-state index is 12.8. The van der Waals surface area contributed by atoms with Crippen LogP contribution in [0.15, 0.2) is 29.6 Å². The van der Waals surface area contributed by atoms with Gasteiger partial charge in [-0.05, 0) is 50.4 Å². The number of carbonyl (C=O) groups excluding carboxylic acids is 2. The molecule has 2 aromatic rings. The molecule has 25 heavy (non-hydrogen) atoms. The van der Waals surface area contributed by atoms with Crippen molar-refractivity contribution in [2.75, 3.05) is 19.6 Å². The van der Waals surface area contributed by atoms with E-state index in [1.807, 2.05) is 19.1 Å². The predicted octanol–water partition coefficient (Wildman–Crippen LogP) is 2.22. The van der Waals surface area contributed by atoms with E-state index in [0.29, 0.717) is 29.5 Å². The van der Waals surface area contributed by atoms with Crippen LogP contribution in [0.25, 0.3) is 0 Å². The molecule has 2 aliphatic heterocycles. The first kappa shape index (κ1) is 15.2. The van der Waals surface area contributed by atoms with E-state index in [0.717, 1.165) is 30.2 Å². The third-order valence-corrected chi connectivity index (χ3v) is 7.16. The second-order valence-corrected chi connectivity index (χ2v) is 8.14. The minimum absolute atomic E-state index is 0.162. The molecule has 1 saturated carbocycles. The summed E-state index contributed by atoms with van der Waals surface area (Å²) in [5.74, 6) is 0.634. The van der Waals surface area contributed by atoms with Crippen molar-refractivity contribution in [3.05, 3.63) is 51.5 Å². The molecular weight excluding hydrogens is 334 g/mol. The number of amides is 2. The number of aryl methyl sites for hydroxylation is 1. The number of fused-ring (bicyclic) bond motifs is 2.